The highest BCUT2D eigenvalue weighted by atomic mass is 16.5. The molecule has 0 aromatic rings. The SMILES string of the molecule is CCCNC1CCOCC1CN1CCN(C)C(C)C1. The predicted octanol–water partition coefficient (Wildman–Crippen LogP) is 1.03. The zero-order valence-electron chi connectivity index (χ0n) is 12.9. The van der Waals surface area contributed by atoms with Gasteiger partial charge in [-0.25, -0.2) is 0 Å². The van der Waals surface area contributed by atoms with E-state index in [2.05, 4.69) is 36.0 Å². The third kappa shape index (κ3) is 4.42. The molecule has 0 bridgehead atoms. The second-order valence-corrected chi connectivity index (χ2v) is 6.27. The molecular formula is C15H31N3O. The lowest BCUT2D eigenvalue weighted by Gasteiger charge is -2.41. The molecule has 19 heavy (non-hydrogen) atoms. The fraction of sp³-hybridized carbons (Fsp3) is 1.00. The van der Waals surface area contributed by atoms with E-state index in [4.69, 9.17) is 4.74 Å². The van der Waals surface area contributed by atoms with Crippen LogP contribution < -0.4 is 5.32 Å². The topological polar surface area (TPSA) is 27.7 Å². The summed E-state index contributed by atoms with van der Waals surface area (Å²) < 4.78 is 5.70. The van der Waals surface area contributed by atoms with Crippen molar-refractivity contribution in [2.45, 2.75) is 38.8 Å². The van der Waals surface area contributed by atoms with Crippen LogP contribution in [0.15, 0.2) is 0 Å². The second-order valence-electron chi connectivity index (χ2n) is 6.27. The lowest BCUT2D eigenvalue weighted by Crippen LogP contribution is -2.54. The normalized spacial score (nSPS) is 34.6. The average Bonchev–Trinajstić information content (AvgIpc) is 2.42. The summed E-state index contributed by atoms with van der Waals surface area (Å²) in [7, 11) is 2.23. The van der Waals surface area contributed by atoms with Crippen LogP contribution >= 0.6 is 0 Å². The average molecular weight is 269 g/mol. The molecule has 0 amide bonds. The van der Waals surface area contributed by atoms with Crippen LogP contribution in [0.25, 0.3) is 0 Å². The molecule has 1 N–H and O–H groups in total. The lowest BCUT2D eigenvalue weighted by atomic mass is 9.94. The Morgan fingerprint density at radius 3 is 2.89 bits per heavy atom. The molecule has 0 aromatic carbocycles. The highest BCUT2D eigenvalue weighted by Gasteiger charge is 2.29. The number of likely N-dealkylation sites (N-methyl/N-ethyl adjacent to an activating group) is 1. The van der Waals surface area contributed by atoms with Crippen molar-refractivity contribution >= 4 is 0 Å². The fourth-order valence-electron chi connectivity index (χ4n) is 3.20. The first-order valence-electron chi connectivity index (χ1n) is 7.94. The van der Waals surface area contributed by atoms with Gasteiger partial charge in [0.2, 0.25) is 0 Å². The monoisotopic (exact) mass is 269 g/mol. The van der Waals surface area contributed by atoms with Gasteiger partial charge < -0.3 is 19.9 Å². The summed E-state index contributed by atoms with van der Waals surface area (Å²) in [6.07, 6.45) is 2.39. The van der Waals surface area contributed by atoms with Crippen molar-refractivity contribution in [3.63, 3.8) is 0 Å². The van der Waals surface area contributed by atoms with Gasteiger partial charge in [-0.05, 0) is 33.4 Å². The molecule has 4 heteroatoms. The van der Waals surface area contributed by atoms with Gasteiger partial charge in [-0.3, -0.25) is 0 Å². The Morgan fingerprint density at radius 1 is 1.32 bits per heavy atom. The van der Waals surface area contributed by atoms with Gasteiger partial charge in [0.25, 0.3) is 0 Å². The molecule has 2 rings (SSSR count). The molecule has 0 spiro atoms. The van der Waals surface area contributed by atoms with E-state index in [1.807, 2.05) is 0 Å². The van der Waals surface area contributed by atoms with Crippen LogP contribution in [0.1, 0.15) is 26.7 Å². The third-order valence-corrected chi connectivity index (χ3v) is 4.67. The van der Waals surface area contributed by atoms with Gasteiger partial charge >= 0.3 is 0 Å². The minimum absolute atomic E-state index is 0.656. The van der Waals surface area contributed by atoms with Crippen LogP contribution in [0, 0.1) is 5.92 Å². The molecule has 3 atom stereocenters. The molecule has 2 aliphatic heterocycles. The summed E-state index contributed by atoms with van der Waals surface area (Å²) in [4.78, 5) is 5.09. The summed E-state index contributed by atoms with van der Waals surface area (Å²) in [5.41, 5.74) is 0. The maximum atomic E-state index is 5.70. The summed E-state index contributed by atoms with van der Waals surface area (Å²) in [6.45, 7) is 12.4. The highest BCUT2D eigenvalue weighted by molar-refractivity contribution is 4.85. The Hall–Kier alpha value is -0.160. The quantitative estimate of drug-likeness (QED) is 0.807. The molecule has 2 fully saturated rings. The van der Waals surface area contributed by atoms with Gasteiger partial charge in [-0.15, -0.1) is 0 Å². The number of nitrogens with zero attached hydrogens (tertiary/aromatic N) is 2. The largest absolute Gasteiger partial charge is 0.381 e. The summed E-state index contributed by atoms with van der Waals surface area (Å²) >= 11 is 0. The van der Waals surface area contributed by atoms with Crippen LogP contribution in [-0.4, -0.2) is 74.9 Å². The molecule has 2 aliphatic rings. The Bertz CT molecular complexity index is 262. The summed E-state index contributed by atoms with van der Waals surface area (Å²) in [5.74, 6) is 0.663. The van der Waals surface area contributed by atoms with Crippen molar-refractivity contribution in [1.29, 1.82) is 0 Å². The molecule has 2 heterocycles. The zero-order valence-corrected chi connectivity index (χ0v) is 12.9. The molecule has 3 unspecified atom stereocenters. The maximum Gasteiger partial charge on any atom is 0.0521 e. The van der Waals surface area contributed by atoms with E-state index >= 15 is 0 Å². The van der Waals surface area contributed by atoms with Gasteiger partial charge in [0.1, 0.15) is 0 Å². The lowest BCUT2D eigenvalue weighted by molar-refractivity contribution is 0.00454. The van der Waals surface area contributed by atoms with Crippen LogP contribution in [0.2, 0.25) is 0 Å². The van der Waals surface area contributed by atoms with Crippen molar-refractivity contribution in [1.82, 2.24) is 15.1 Å². The van der Waals surface area contributed by atoms with Crippen LogP contribution in [-0.2, 0) is 4.74 Å². The molecule has 2 saturated heterocycles. The first kappa shape index (κ1) is 15.2. The number of hydrogen-bond donors (Lipinski definition) is 1. The molecule has 0 radical (unpaired) electrons. The molecule has 0 saturated carbocycles. The predicted molar refractivity (Wildman–Crippen MR) is 79.5 cm³/mol. The maximum absolute atomic E-state index is 5.70. The Balaban J connectivity index is 1.81. The van der Waals surface area contributed by atoms with Crippen molar-refractivity contribution in [2.75, 3.05) is 53.0 Å². The first-order chi connectivity index (χ1) is 9.20. The van der Waals surface area contributed by atoms with Gasteiger partial charge in [-0.1, -0.05) is 6.92 Å². The van der Waals surface area contributed by atoms with E-state index in [1.165, 1.54) is 39.0 Å². The summed E-state index contributed by atoms with van der Waals surface area (Å²) in [6, 6.07) is 1.34. The fourth-order valence-corrected chi connectivity index (χ4v) is 3.20. The number of rotatable bonds is 5. The number of nitrogens with one attached hydrogen (secondary N) is 1. The smallest absolute Gasteiger partial charge is 0.0521 e. The van der Waals surface area contributed by atoms with E-state index in [0.717, 1.165) is 19.8 Å². The molecular weight excluding hydrogens is 238 g/mol. The third-order valence-electron chi connectivity index (χ3n) is 4.67. The van der Waals surface area contributed by atoms with Crippen LogP contribution in [0.3, 0.4) is 0 Å². The molecule has 0 aromatic heterocycles. The van der Waals surface area contributed by atoms with Crippen LogP contribution in [0.4, 0.5) is 0 Å². The molecule has 112 valence electrons. The van der Waals surface area contributed by atoms with Gasteiger partial charge in [-0.2, -0.15) is 0 Å². The molecule has 0 aliphatic carbocycles. The van der Waals surface area contributed by atoms with Crippen molar-refractivity contribution in [2.24, 2.45) is 5.92 Å². The number of hydrogen-bond acceptors (Lipinski definition) is 4. The molecule has 4 nitrogen and oxygen atoms in total. The standard InChI is InChI=1S/C15H31N3O/c1-4-6-16-15-5-9-19-12-14(15)11-18-8-7-17(3)13(2)10-18/h13-16H,4-12H2,1-3H3. The second kappa shape index (κ2) is 7.58. The van der Waals surface area contributed by atoms with E-state index in [-0.39, 0.29) is 0 Å². The number of ether oxygens (including phenoxy) is 1. The Labute approximate surface area is 118 Å². The zero-order chi connectivity index (χ0) is 13.7. The minimum Gasteiger partial charge on any atom is -0.381 e. The van der Waals surface area contributed by atoms with Crippen molar-refractivity contribution in [3.05, 3.63) is 0 Å². The van der Waals surface area contributed by atoms with Gasteiger partial charge in [0.05, 0.1) is 6.61 Å². The Morgan fingerprint density at radius 2 is 2.16 bits per heavy atom. The highest BCUT2D eigenvalue weighted by Crippen LogP contribution is 2.18. The minimum atomic E-state index is 0.656. The Kier molecular flexibility index (Phi) is 6.07. The van der Waals surface area contributed by atoms with Gasteiger partial charge in [0, 0.05) is 50.8 Å². The van der Waals surface area contributed by atoms with E-state index in [9.17, 15) is 0 Å². The van der Waals surface area contributed by atoms with E-state index in [1.54, 1.807) is 0 Å². The number of piperazine rings is 1. The van der Waals surface area contributed by atoms with E-state index in [0.29, 0.717) is 18.0 Å². The van der Waals surface area contributed by atoms with E-state index < -0.39 is 0 Å². The first-order valence-corrected chi connectivity index (χ1v) is 7.94. The van der Waals surface area contributed by atoms with Gasteiger partial charge in [0.15, 0.2) is 0 Å². The summed E-state index contributed by atoms with van der Waals surface area (Å²) in [5, 5.41) is 3.71. The van der Waals surface area contributed by atoms with Crippen molar-refractivity contribution in [3.8, 4) is 0 Å². The van der Waals surface area contributed by atoms with Crippen molar-refractivity contribution < 1.29 is 4.74 Å². The van der Waals surface area contributed by atoms with Crippen LogP contribution in [0.5, 0.6) is 0 Å².